The van der Waals surface area contributed by atoms with E-state index in [1.165, 1.54) is 12.4 Å². The molecule has 2 N–H and O–H groups in total. The van der Waals surface area contributed by atoms with E-state index in [1.54, 1.807) is 0 Å². The lowest BCUT2D eigenvalue weighted by Crippen LogP contribution is -2.24. The fraction of sp³-hybridized carbons (Fsp3) is 0.143. The summed E-state index contributed by atoms with van der Waals surface area (Å²) in [6.45, 7) is 7.94. The Labute approximate surface area is 64.2 Å². The molecule has 60 valence electrons. The van der Waals surface area contributed by atoms with Crippen molar-refractivity contribution in [2.24, 2.45) is 0 Å². The highest BCUT2D eigenvalue weighted by Crippen LogP contribution is 2.00. The van der Waals surface area contributed by atoms with Gasteiger partial charge in [-0.05, 0) is 12.5 Å². The van der Waals surface area contributed by atoms with Gasteiger partial charge in [0.1, 0.15) is 0 Å². The van der Waals surface area contributed by atoms with Crippen molar-refractivity contribution < 1.29 is 14.8 Å². The van der Waals surface area contributed by atoms with Crippen LogP contribution in [0.3, 0.4) is 0 Å². The fourth-order valence-corrected chi connectivity index (χ4v) is 0.428. The second-order valence-electron chi connectivity index (χ2n) is 2.03. The van der Waals surface area contributed by atoms with Gasteiger partial charge in [-0.3, -0.25) is 14.8 Å². The zero-order valence-corrected chi connectivity index (χ0v) is 6.18. The molecular formula is C7H9NO3. The number of rotatable bonds is 3. The summed E-state index contributed by atoms with van der Waals surface area (Å²) in [6.07, 6.45) is 0. The molecule has 0 atom stereocenters. The van der Waals surface area contributed by atoms with Gasteiger partial charge in [-0.1, -0.05) is 13.2 Å². The van der Waals surface area contributed by atoms with E-state index < -0.39 is 11.7 Å². The van der Waals surface area contributed by atoms with Crippen LogP contribution in [0.5, 0.6) is 0 Å². The molecule has 0 aromatic carbocycles. The molecule has 0 saturated carbocycles. The highest BCUT2D eigenvalue weighted by Gasteiger charge is 2.14. The first-order valence-corrected chi connectivity index (χ1v) is 2.84. The van der Waals surface area contributed by atoms with Crippen LogP contribution in [0.2, 0.25) is 0 Å². The first-order valence-electron chi connectivity index (χ1n) is 2.84. The molecule has 0 aliphatic carbocycles. The van der Waals surface area contributed by atoms with Crippen molar-refractivity contribution in [1.82, 2.24) is 5.48 Å². The molecule has 0 bridgehead atoms. The summed E-state index contributed by atoms with van der Waals surface area (Å²) in [4.78, 5) is 21.4. The number of carbonyl (C=O) groups is 2. The van der Waals surface area contributed by atoms with Gasteiger partial charge in [0.05, 0.1) is 5.57 Å². The quantitative estimate of drug-likeness (QED) is 0.201. The van der Waals surface area contributed by atoms with E-state index in [4.69, 9.17) is 5.21 Å². The summed E-state index contributed by atoms with van der Waals surface area (Å²) in [5.74, 6) is -1.46. The molecule has 0 aromatic rings. The molecule has 0 spiro atoms. The summed E-state index contributed by atoms with van der Waals surface area (Å²) in [5.41, 5.74) is 1.19. The van der Waals surface area contributed by atoms with E-state index in [0.29, 0.717) is 0 Å². The third-order valence-corrected chi connectivity index (χ3v) is 1.04. The number of hydroxylamine groups is 1. The minimum Gasteiger partial charge on any atom is -0.289 e. The van der Waals surface area contributed by atoms with Crippen LogP contribution in [-0.4, -0.2) is 16.9 Å². The number of Topliss-reactive ketones (excluding diaryl/α,β-unsaturated/α-hetero) is 1. The normalized spacial score (nSPS) is 8.55. The lowest BCUT2D eigenvalue weighted by Gasteiger charge is -1.99. The Morgan fingerprint density at radius 2 is 1.82 bits per heavy atom. The zero-order chi connectivity index (χ0) is 9.02. The topological polar surface area (TPSA) is 66.4 Å². The van der Waals surface area contributed by atoms with Crippen LogP contribution in [0.1, 0.15) is 6.92 Å². The Bertz CT molecular complexity index is 230. The molecule has 0 aliphatic rings. The Balaban J connectivity index is 4.39. The van der Waals surface area contributed by atoms with Gasteiger partial charge in [-0.25, -0.2) is 5.48 Å². The van der Waals surface area contributed by atoms with Crippen molar-refractivity contribution in [1.29, 1.82) is 0 Å². The van der Waals surface area contributed by atoms with Crippen LogP contribution >= 0.6 is 0 Å². The van der Waals surface area contributed by atoms with Gasteiger partial charge in [0.15, 0.2) is 5.78 Å². The van der Waals surface area contributed by atoms with Gasteiger partial charge in [0.2, 0.25) is 0 Å². The molecule has 0 aromatic heterocycles. The van der Waals surface area contributed by atoms with Crippen LogP contribution in [-0.2, 0) is 9.59 Å². The van der Waals surface area contributed by atoms with E-state index in [1.807, 2.05) is 0 Å². The number of hydrogen-bond acceptors (Lipinski definition) is 3. The van der Waals surface area contributed by atoms with E-state index in [-0.39, 0.29) is 11.1 Å². The lowest BCUT2D eigenvalue weighted by atomic mass is 10.1. The van der Waals surface area contributed by atoms with E-state index >= 15 is 0 Å². The molecule has 0 fully saturated rings. The molecule has 0 saturated heterocycles. The average Bonchev–Trinajstić information content (AvgIpc) is 2.00. The summed E-state index contributed by atoms with van der Waals surface area (Å²) in [6, 6.07) is 0. The van der Waals surface area contributed by atoms with Gasteiger partial charge < -0.3 is 0 Å². The third kappa shape index (κ3) is 2.35. The molecule has 0 unspecified atom stereocenters. The highest BCUT2D eigenvalue weighted by molar-refractivity contribution is 6.24. The summed E-state index contributed by atoms with van der Waals surface area (Å²) < 4.78 is 0. The first kappa shape index (κ1) is 9.58. The van der Waals surface area contributed by atoms with Crippen LogP contribution in [0, 0.1) is 0 Å². The zero-order valence-electron chi connectivity index (χ0n) is 6.18. The number of allylic oxidation sites excluding steroid dienone is 1. The van der Waals surface area contributed by atoms with Crippen LogP contribution in [0.4, 0.5) is 0 Å². The van der Waals surface area contributed by atoms with E-state index in [2.05, 4.69) is 13.2 Å². The molecule has 4 nitrogen and oxygen atoms in total. The maximum absolute atomic E-state index is 10.9. The van der Waals surface area contributed by atoms with E-state index in [0.717, 1.165) is 0 Å². The maximum atomic E-state index is 10.9. The Morgan fingerprint density at radius 3 is 2.09 bits per heavy atom. The SMILES string of the molecule is C=C(C)C(=O)C(=C)C(=O)NO. The Kier molecular flexibility index (Phi) is 3.20. The largest absolute Gasteiger partial charge is 0.289 e. The summed E-state index contributed by atoms with van der Waals surface area (Å²) in [5, 5.41) is 8.09. The van der Waals surface area contributed by atoms with Gasteiger partial charge in [0, 0.05) is 0 Å². The van der Waals surface area contributed by atoms with E-state index in [9.17, 15) is 9.59 Å². The summed E-state index contributed by atoms with van der Waals surface area (Å²) >= 11 is 0. The molecule has 0 radical (unpaired) electrons. The molecule has 0 heterocycles. The van der Waals surface area contributed by atoms with Crippen molar-refractivity contribution in [3.8, 4) is 0 Å². The molecular weight excluding hydrogens is 146 g/mol. The van der Waals surface area contributed by atoms with Gasteiger partial charge >= 0.3 is 0 Å². The van der Waals surface area contributed by atoms with Crippen molar-refractivity contribution in [3.63, 3.8) is 0 Å². The Morgan fingerprint density at radius 1 is 1.36 bits per heavy atom. The second kappa shape index (κ2) is 3.68. The number of carbonyl (C=O) groups excluding carboxylic acids is 2. The molecule has 1 amide bonds. The lowest BCUT2D eigenvalue weighted by molar-refractivity contribution is -0.127. The average molecular weight is 155 g/mol. The van der Waals surface area contributed by atoms with Crippen molar-refractivity contribution in [2.45, 2.75) is 6.92 Å². The van der Waals surface area contributed by atoms with Gasteiger partial charge in [-0.2, -0.15) is 0 Å². The fourth-order valence-electron chi connectivity index (χ4n) is 0.428. The van der Waals surface area contributed by atoms with Crippen LogP contribution in [0.15, 0.2) is 24.3 Å². The monoisotopic (exact) mass is 155 g/mol. The van der Waals surface area contributed by atoms with Crippen molar-refractivity contribution >= 4 is 11.7 Å². The number of hydrogen-bond donors (Lipinski definition) is 2. The Hall–Kier alpha value is -1.42. The van der Waals surface area contributed by atoms with Crippen molar-refractivity contribution in [3.05, 3.63) is 24.3 Å². The smallest absolute Gasteiger partial charge is 0.278 e. The number of amides is 1. The van der Waals surface area contributed by atoms with Crippen LogP contribution in [0.25, 0.3) is 0 Å². The first-order chi connectivity index (χ1) is 5.00. The second-order valence-corrected chi connectivity index (χ2v) is 2.03. The standard InChI is InChI=1S/C7H9NO3/c1-4(2)6(9)5(3)7(10)8-11/h11H,1,3H2,2H3,(H,8,10). The molecule has 0 rings (SSSR count). The highest BCUT2D eigenvalue weighted by atomic mass is 16.5. The minimum absolute atomic E-state index is 0.207. The predicted octanol–water partition coefficient (Wildman–Crippen LogP) is 0.193. The molecule has 0 aliphatic heterocycles. The maximum Gasteiger partial charge on any atom is 0.278 e. The predicted molar refractivity (Wildman–Crippen MR) is 38.9 cm³/mol. The van der Waals surface area contributed by atoms with Gasteiger partial charge in [0.25, 0.3) is 5.91 Å². The molecule has 4 heteroatoms. The summed E-state index contributed by atoms with van der Waals surface area (Å²) in [7, 11) is 0. The minimum atomic E-state index is -0.905. The molecule has 11 heavy (non-hydrogen) atoms. The number of nitrogens with one attached hydrogen (secondary N) is 1. The number of ketones is 1. The van der Waals surface area contributed by atoms with Gasteiger partial charge in [-0.15, -0.1) is 0 Å². The third-order valence-electron chi connectivity index (χ3n) is 1.04. The van der Waals surface area contributed by atoms with Crippen LogP contribution < -0.4 is 5.48 Å². The van der Waals surface area contributed by atoms with Crippen molar-refractivity contribution in [2.75, 3.05) is 0 Å².